The number of nitrogens with zero attached hydrogens (tertiary/aromatic N) is 2. The van der Waals surface area contributed by atoms with Crippen molar-refractivity contribution in [3.05, 3.63) is 77.5 Å². The van der Waals surface area contributed by atoms with Gasteiger partial charge in [0.05, 0.1) is 17.0 Å². The average Bonchev–Trinajstić information content (AvgIpc) is 3.14. The summed E-state index contributed by atoms with van der Waals surface area (Å²) >= 11 is 0. The number of hydrogen-bond donors (Lipinski definition) is 3. The van der Waals surface area contributed by atoms with Crippen LogP contribution in [0.4, 0.5) is 5.69 Å². The van der Waals surface area contributed by atoms with Gasteiger partial charge >= 0.3 is 7.60 Å². The molecule has 0 saturated heterocycles. The second-order valence-electron chi connectivity index (χ2n) is 8.12. The summed E-state index contributed by atoms with van der Waals surface area (Å²) in [6, 6.07) is 14.8. The van der Waals surface area contributed by atoms with Gasteiger partial charge in [0.15, 0.2) is 0 Å². The predicted molar refractivity (Wildman–Crippen MR) is 132 cm³/mol. The van der Waals surface area contributed by atoms with Crippen LogP contribution in [0.15, 0.2) is 60.8 Å². The Labute approximate surface area is 194 Å². The highest BCUT2D eigenvalue weighted by molar-refractivity contribution is 7.53. The number of anilines is 1. The van der Waals surface area contributed by atoms with E-state index >= 15 is 0 Å². The third-order valence-corrected chi connectivity index (χ3v) is 8.13. The van der Waals surface area contributed by atoms with E-state index in [1.54, 1.807) is 55.1 Å². The molecule has 33 heavy (non-hydrogen) atoms. The van der Waals surface area contributed by atoms with Crippen LogP contribution in [0, 0.1) is 6.92 Å². The van der Waals surface area contributed by atoms with Crippen molar-refractivity contribution in [2.75, 3.05) is 5.32 Å². The molecule has 8 heteroatoms. The molecule has 3 N–H and O–H groups in total. The molecule has 0 aliphatic heterocycles. The molecule has 1 amide bonds. The van der Waals surface area contributed by atoms with Gasteiger partial charge in [-0.1, -0.05) is 55.8 Å². The maximum Gasteiger partial charge on any atom is 0.335 e. The number of carbonyl (C=O) groups excluding carboxylic acids is 1. The SMILES string of the molecule is CCC(CC)(c1ccc(NC(=O)C=Cc2cnn(C)c2-c2ccc(C)cc2)cc1)P(=O)(O)O. The van der Waals surface area contributed by atoms with Gasteiger partial charge in [-0.2, -0.15) is 5.10 Å². The molecule has 3 rings (SSSR count). The van der Waals surface area contributed by atoms with Crippen LogP contribution in [0.2, 0.25) is 0 Å². The topological polar surface area (TPSA) is 104 Å². The molecule has 3 aromatic rings. The monoisotopic (exact) mass is 467 g/mol. The largest absolute Gasteiger partial charge is 0.335 e. The highest BCUT2D eigenvalue weighted by atomic mass is 31.2. The van der Waals surface area contributed by atoms with E-state index in [-0.39, 0.29) is 5.91 Å². The second kappa shape index (κ2) is 9.87. The van der Waals surface area contributed by atoms with Gasteiger partial charge in [0.2, 0.25) is 5.91 Å². The number of aryl methyl sites for hydroxylation is 2. The summed E-state index contributed by atoms with van der Waals surface area (Å²) in [5.41, 5.74) is 5.02. The standard InChI is InChI=1S/C25H30N3O4P/c1-5-25(6-2,33(30,31)32)21-12-14-22(15-13-21)27-23(29)16-11-20-17-26-28(4)24(20)19-9-7-18(3)8-10-19/h7-17H,5-6H2,1-4H3,(H,27,29)(H2,30,31,32). The Morgan fingerprint density at radius 1 is 1.09 bits per heavy atom. The molecule has 0 unspecified atom stereocenters. The lowest BCUT2D eigenvalue weighted by atomic mass is 9.92. The minimum absolute atomic E-state index is 0.311. The molecule has 0 aliphatic rings. The third-order valence-electron chi connectivity index (χ3n) is 6.12. The number of nitrogens with one attached hydrogen (secondary N) is 1. The van der Waals surface area contributed by atoms with Gasteiger partial charge in [-0.25, -0.2) is 0 Å². The average molecular weight is 468 g/mol. The highest BCUT2D eigenvalue weighted by Gasteiger charge is 2.45. The molecule has 0 aliphatic carbocycles. The van der Waals surface area contributed by atoms with Crippen LogP contribution in [0.3, 0.4) is 0 Å². The van der Waals surface area contributed by atoms with E-state index in [0.29, 0.717) is 24.1 Å². The van der Waals surface area contributed by atoms with Gasteiger partial charge in [0, 0.05) is 29.9 Å². The van der Waals surface area contributed by atoms with Gasteiger partial charge in [0.1, 0.15) is 0 Å². The van der Waals surface area contributed by atoms with E-state index in [1.165, 1.54) is 11.6 Å². The predicted octanol–water partition coefficient (Wildman–Crippen LogP) is 5.24. The van der Waals surface area contributed by atoms with E-state index < -0.39 is 12.8 Å². The minimum atomic E-state index is -4.35. The van der Waals surface area contributed by atoms with Crippen molar-refractivity contribution in [1.82, 2.24) is 9.78 Å². The van der Waals surface area contributed by atoms with Crippen molar-refractivity contribution in [1.29, 1.82) is 0 Å². The maximum atomic E-state index is 12.5. The first-order valence-corrected chi connectivity index (χ1v) is 12.5. The normalized spacial score (nSPS) is 12.3. The van der Waals surface area contributed by atoms with Crippen LogP contribution in [0.1, 0.15) is 43.4 Å². The van der Waals surface area contributed by atoms with Crippen molar-refractivity contribution >= 4 is 25.3 Å². The first kappa shape index (κ1) is 24.6. The lowest BCUT2D eigenvalue weighted by Crippen LogP contribution is -2.24. The molecule has 174 valence electrons. The first-order valence-electron chi connectivity index (χ1n) is 10.9. The first-order chi connectivity index (χ1) is 15.6. The van der Waals surface area contributed by atoms with E-state index in [1.807, 2.05) is 38.2 Å². The molecule has 0 fully saturated rings. The lowest BCUT2D eigenvalue weighted by Gasteiger charge is -2.33. The minimum Gasteiger partial charge on any atom is -0.324 e. The van der Waals surface area contributed by atoms with Crippen LogP contribution >= 0.6 is 7.60 Å². The highest BCUT2D eigenvalue weighted by Crippen LogP contribution is 2.60. The second-order valence-corrected chi connectivity index (χ2v) is 10.1. The number of rotatable bonds is 8. The zero-order valence-corrected chi connectivity index (χ0v) is 20.2. The summed E-state index contributed by atoms with van der Waals surface area (Å²) in [4.78, 5) is 32.3. The quantitative estimate of drug-likeness (QED) is 0.310. The fraction of sp³-hybridized carbons (Fsp3) is 0.280. The molecular weight excluding hydrogens is 437 g/mol. The number of benzene rings is 2. The van der Waals surface area contributed by atoms with Gasteiger partial charge in [0.25, 0.3) is 0 Å². The van der Waals surface area contributed by atoms with E-state index in [2.05, 4.69) is 10.4 Å². The van der Waals surface area contributed by atoms with E-state index in [0.717, 1.165) is 16.8 Å². The fourth-order valence-corrected chi connectivity index (χ4v) is 5.40. The van der Waals surface area contributed by atoms with Gasteiger partial charge in [-0.15, -0.1) is 0 Å². The van der Waals surface area contributed by atoms with Crippen molar-refractivity contribution < 1.29 is 19.1 Å². The molecule has 1 aromatic heterocycles. The van der Waals surface area contributed by atoms with Crippen molar-refractivity contribution in [3.63, 3.8) is 0 Å². The molecule has 0 spiro atoms. The Hall–Kier alpha value is -2.99. The Balaban J connectivity index is 1.76. The van der Waals surface area contributed by atoms with E-state index in [4.69, 9.17) is 0 Å². The lowest BCUT2D eigenvalue weighted by molar-refractivity contribution is -0.111. The Kier molecular flexibility index (Phi) is 7.38. The number of hydrogen-bond acceptors (Lipinski definition) is 3. The van der Waals surface area contributed by atoms with Gasteiger partial charge in [-0.05, 0) is 43.5 Å². The Bertz CT molecular complexity index is 1190. The molecule has 0 radical (unpaired) electrons. The molecule has 0 bridgehead atoms. The van der Waals surface area contributed by atoms with E-state index in [9.17, 15) is 19.1 Å². The van der Waals surface area contributed by atoms with Crippen molar-refractivity contribution in [2.24, 2.45) is 7.05 Å². The maximum absolute atomic E-state index is 12.5. The summed E-state index contributed by atoms with van der Waals surface area (Å²) in [6.07, 6.45) is 5.51. The van der Waals surface area contributed by atoms with Crippen LogP contribution in [-0.4, -0.2) is 25.5 Å². The molecule has 7 nitrogen and oxygen atoms in total. The van der Waals surface area contributed by atoms with Crippen LogP contribution < -0.4 is 5.32 Å². The summed E-state index contributed by atoms with van der Waals surface area (Å²) < 4.78 is 13.9. The molecular formula is C25H30N3O4P. The molecule has 2 aromatic carbocycles. The van der Waals surface area contributed by atoms with Gasteiger partial charge < -0.3 is 15.1 Å². The zero-order chi connectivity index (χ0) is 24.2. The molecule has 1 heterocycles. The zero-order valence-electron chi connectivity index (χ0n) is 19.3. The van der Waals surface area contributed by atoms with Gasteiger partial charge in [-0.3, -0.25) is 14.0 Å². The Morgan fingerprint density at radius 3 is 2.24 bits per heavy atom. The fourth-order valence-electron chi connectivity index (χ4n) is 4.09. The van der Waals surface area contributed by atoms with Crippen LogP contribution in [0.5, 0.6) is 0 Å². The summed E-state index contributed by atoms with van der Waals surface area (Å²) in [6.45, 7) is 5.57. The molecule has 0 saturated carbocycles. The Morgan fingerprint density at radius 2 is 1.70 bits per heavy atom. The molecule has 0 atom stereocenters. The number of aromatic nitrogens is 2. The number of carbonyl (C=O) groups is 1. The van der Waals surface area contributed by atoms with Crippen molar-refractivity contribution in [2.45, 2.75) is 38.8 Å². The smallest absolute Gasteiger partial charge is 0.324 e. The third kappa shape index (κ3) is 5.17. The van der Waals surface area contributed by atoms with Crippen LogP contribution in [-0.2, 0) is 21.6 Å². The summed E-state index contributed by atoms with van der Waals surface area (Å²) in [5.74, 6) is -0.311. The van der Waals surface area contributed by atoms with Crippen LogP contribution in [0.25, 0.3) is 17.3 Å². The van der Waals surface area contributed by atoms with Crippen molar-refractivity contribution in [3.8, 4) is 11.3 Å². The summed E-state index contributed by atoms with van der Waals surface area (Å²) in [5, 5.41) is 5.89. The summed E-state index contributed by atoms with van der Waals surface area (Å²) in [7, 11) is -2.49. The number of amides is 1.